The van der Waals surface area contributed by atoms with Crippen LogP contribution in [0.5, 0.6) is 5.75 Å². The van der Waals surface area contributed by atoms with Crippen LogP contribution in [-0.2, 0) is 20.9 Å². The van der Waals surface area contributed by atoms with Gasteiger partial charge in [-0.3, -0.25) is 14.4 Å². The van der Waals surface area contributed by atoms with Gasteiger partial charge in [0.1, 0.15) is 17.9 Å². The minimum atomic E-state index is -0.525. The summed E-state index contributed by atoms with van der Waals surface area (Å²) in [6.45, 7) is 3.94. The summed E-state index contributed by atoms with van der Waals surface area (Å²) >= 11 is 0. The fourth-order valence-corrected chi connectivity index (χ4v) is 2.06. The summed E-state index contributed by atoms with van der Waals surface area (Å²) < 4.78 is 10.5. The van der Waals surface area contributed by atoms with E-state index >= 15 is 0 Å². The molecule has 1 aromatic heterocycles. The molecule has 0 bridgehead atoms. The fraction of sp³-hybridized carbons (Fsp3) is 0.200. The Bertz CT molecular complexity index is 844. The van der Waals surface area contributed by atoms with Crippen LogP contribution in [0.3, 0.4) is 0 Å². The molecule has 0 aliphatic rings. The Morgan fingerprint density at radius 3 is 2.55 bits per heavy atom. The third kappa shape index (κ3) is 8.57. The maximum Gasteiger partial charge on any atom is 0.258 e. The maximum atomic E-state index is 11.7. The molecule has 3 N–H and O–H groups in total. The lowest BCUT2D eigenvalue weighted by molar-refractivity contribution is -0.129. The Balaban J connectivity index is 1.68. The molecule has 0 saturated carbocycles. The lowest BCUT2D eigenvalue weighted by Crippen LogP contribution is -2.29. The molecule has 3 amide bonds. The van der Waals surface area contributed by atoms with E-state index < -0.39 is 11.8 Å². The van der Waals surface area contributed by atoms with E-state index in [1.54, 1.807) is 36.4 Å². The van der Waals surface area contributed by atoms with Gasteiger partial charge < -0.3 is 19.8 Å². The highest BCUT2D eigenvalue weighted by Gasteiger charge is 2.07. The number of hydrogen-bond donors (Lipinski definition) is 3. The molecular weight excluding hydrogens is 376 g/mol. The first-order chi connectivity index (χ1) is 14.1. The van der Waals surface area contributed by atoms with Crippen LogP contribution in [0.4, 0.5) is 0 Å². The van der Waals surface area contributed by atoms with E-state index in [2.05, 4.69) is 27.7 Å². The molecule has 152 valence electrons. The number of hydrazone groups is 1. The molecule has 2 rings (SSSR count). The lowest BCUT2D eigenvalue weighted by Gasteiger charge is -2.06. The van der Waals surface area contributed by atoms with Crippen molar-refractivity contribution in [1.29, 1.82) is 0 Å². The van der Waals surface area contributed by atoms with Crippen molar-refractivity contribution < 1.29 is 23.5 Å². The molecule has 9 nitrogen and oxygen atoms in total. The predicted octanol–water partition coefficient (Wildman–Crippen LogP) is 1.12. The van der Waals surface area contributed by atoms with Crippen molar-refractivity contribution >= 4 is 23.9 Å². The number of rotatable bonds is 11. The van der Waals surface area contributed by atoms with E-state index in [9.17, 15) is 14.4 Å². The number of hydrogen-bond acceptors (Lipinski definition) is 6. The number of nitrogens with one attached hydrogen (secondary N) is 3. The van der Waals surface area contributed by atoms with E-state index in [0.29, 0.717) is 30.2 Å². The molecule has 2 aromatic rings. The first kappa shape index (κ1) is 21.4. The molecule has 0 fully saturated rings. The minimum Gasteiger partial charge on any atom is -0.484 e. The summed E-state index contributed by atoms with van der Waals surface area (Å²) in [5.74, 6) is -0.0350. The Kier molecular flexibility index (Phi) is 8.68. The standard InChI is InChI=1S/C20H22N4O5/c1-2-9-21-18(25)11-19(26)24-23-12-15-5-7-16(8-6-15)29-14-20(27)22-13-17-4-3-10-28-17/h2-8,10,12H,1,9,11,13-14H2,(H,21,25)(H,22,27)(H,24,26)/b23-12+. The molecule has 0 aliphatic heterocycles. The first-order valence-electron chi connectivity index (χ1n) is 8.78. The zero-order valence-electron chi connectivity index (χ0n) is 15.7. The van der Waals surface area contributed by atoms with E-state index in [1.807, 2.05) is 0 Å². The Morgan fingerprint density at radius 1 is 1.07 bits per heavy atom. The van der Waals surface area contributed by atoms with Crippen molar-refractivity contribution in [3.63, 3.8) is 0 Å². The smallest absolute Gasteiger partial charge is 0.258 e. The van der Waals surface area contributed by atoms with E-state index in [-0.39, 0.29) is 18.9 Å². The SMILES string of the molecule is C=CCNC(=O)CC(=O)N/N=C/c1ccc(OCC(=O)NCc2ccco2)cc1. The molecule has 0 aliphatic carbocycles. The van der Waals surface area contributed by atoms with Crippen LogP contribution in [-0.4, -0.2) is 37.1 Å². The second-order valence-electron chi connectivity index (χ2n) is 5.78. The van der Waals surface area contributed by atoms with Crippen molar-refractivity contribution in [3.05, 3.63) is 66.6 Å². The summed E-state index contributed by atoms with van der Waals surface area (Å²) in [6, 6.07) is 10.3. The van der Waals surface area contributed by atoms with Gasteiger partial charge in [0.2, 0.25) is 11.8 Å². The Hall–Kier alpha value is -3.88. The zero-order chi connectivity index (χ0) is 20.9. The predicted molar refractivity (Wildman–Crippen MR) is 106 cm³/mol. The van der Waals surface area contributed by atoms with Crippen molar-refractivity contribution in [1.82, 2.24) is 16.1 Å². The van der Waals surface area contributed by atoms with Crippen LogP contribution in [0.25, 0.3) is 0 Å². The summed E-state index contributed by atoms with van der Waals surface area (Å²) in [4.78, 5) is 34.7. The van der Waals surface area contributed by atoms with Crippen LogP contribution in [0.1, 0.15) is 17.7 Å². The van der Waals surface area contributed by atoms with E-state index in [4.69, 9.17) is 9.15 Å². The highest BCUT2D eigenvalue weighted by Crippen LogP contribution is 2.11. The largest absolute Gasteiger partial charge is 0.484 e. The molecule has 9 heteroatoms. The normalized spacial score (nSPS) is 10.3. The van der Waals surface area contributed by atoms with Gasteiger partial charge in [-0.15, -0.1) is 6.58 Å². The third-order valence-electron chi connectivity index (χ3n) is 3.46. The van der Waals surface area contributed by atoms with Crippen molar-refractivity contribution in [2.45, 2.75) is 13.0 Å². The van der Waals surface area contributed by atoms with Crippen LogP contribution in [0, 0.1) is 0 Å². The number of carbonyl (C=O) groups is 3. The molecule has 0 atom stereocenters. The van der Waals surface area contributed by atoms with Gasteiger partial charge in [0.05, 0.1) is 19.0 Å². The average Bonchev–Trinajstić information content (AvgIpc) is 3.24. The first-order valence-corrected chi connectivity index (χ1v) is 8.78. The van der Waals surface area contributed by atoms with E-state index in [1.165, 1.54) is 18.6 Å². The van der Waals surface area contributed by atoms with Gasteiger partial charge in [0, 0.05) is 6.54 Å². The monoisotopic (exact) mass is 398 g/mol. The highest BCUT2D eigenvalue weighted by atomic mass is 16.5. The van der Waals surface area contributed by atoms with Crippen LogP contribution >= 0.6 is 0 Å². The van der Waals surface area contributed by atoms with Crippen molar-refractivity contribution in [2.24, 2.45) is 5.10 Å². The summed E-state index contributed by atoms with van der Waals surface area (Å²) in [7, 11) is 0. The van der Waals surface area contributed by atoms with Crippen molar-refractivity contribution in [3.8, 4) is 5.75 Å². The summed E-state index contributed by atoms with van der Waals surface area (Å²) in [5, 5.41) is 8.96. The van der Waals surface area contributed by atoms with Crippen LogP contribution in [0.2, 0.25) is 0 Å². The fourth-order valence-electron chi connectivity index (χ4n) is 2.06. The van der Waals surface area contributed by atoms with Gasteiger partial charge in [-0.1, -0.05) is 6.08 Å². The quantitative estimate of drug-likeness (QED) is 0.227. The molecular formula is C20H22N4O5. The summed E-state index contributed by atoms with van der Waals surface area (Å²) in [6.07, 6.45) is 4.17. The topological polar surface area (TPSA) is 122 Å². The van der Waals surface area contributed by atoms with Crippen LogP contribution in [0.15, 0.2) is 64.8 Å². The van der Waals surface area contributed by atoms with Crippen LogP contribution < -0.4 is 20.8 Å². The zero-order valence-corrected chi connectivity index (χ0v) is 15.7. The molecule has 0 spiro atoms. The van der Waals surface area contributed by atoms with Gasteiger partial charge in [0.25, 0.3) is 5.91 Å². The molecule has 1 aromatic carbocycles. The molecule has 29 heavy (non-hydrogen) atoms. The minimum absolute atomic E-state index is 0.127. The second-order valence-corrected chi connectivity index (χ2v) is 5.78. The van der Waals surface area contributed by atoms with Gasteiger partial charge in [-0.2, -0.15) is 5.10 Å². The van der Waals surface area contributed by atoms with Gasteiger partial charge in [-0.05, 0) is 42.0 Å². The molecule has 1 heterocycles. The number of amides is 3. The Morgan fingerprint density at radius 2 is 1.86 bits per heavy atom. The highest BCUT2D eigenvalue weighted by molar-refractivity contribution is 5.97. The van der Waals surface area contributed by atoms with Crippen molar-refractivity contribution in [2.75, 3.05) is 13.2 Å². The number of furan rings is 1. The number of benzene rings is 1. The second kappa shape index (κ2) is 11.8. The summed E-state index contributed by atoms with van der Waals surface area (Å²) in [5.41, 5.74) is 2.98. The van der Waals surface area contributed by atoms with Gasteiger partial charge in [-0.25, -0.2) is 5.43 Å². The number of nitrogens with zero attached hydrogens (tertiary/aromatic N) is 1. The molecule has 0 saturated heterocycles. The Labute approximate surface area is 167 Å². The van der Waals surface area contributed by atoms with E-state index in [0.717, 1.165) is 0 Å². The molecule has 0 radical (unpaired) electrons. The third-order valence-corrected chi connectivity index (χ3v) is 3.46. The average molecular weight is 398 g/mol. The maximum absolute atomic E-state index is 11.7. The lowest BCUT2D eigenvalue weighted by atomic mass is 10.2. The van der Waals surface area contributed by atoms with Gasteiger partial charge >= 0.3 is 0 Å². The van der Waals surface area contributed by atoms with Gasteiger partial charge in [0.15, 0.2) is 6.61 Å². The number of carbonyl (C=O) groups excluding carboxylic acids is 3. The number of ether oxygens (including phenoxy) is 1. The molecule has 0 unspecified atom stereocenters.